The molecule has 0 bridgehead atoms. The van der Waals surface area contributed by atoms with Crippen LogP contribution >= 0.6 is 11.3 Å². The highest BCUT2D eigenvalue weighted by Gasteiger charge is 2.42. The van der Waals surface area contributed by atoms with Gasteiger partial charge in [0.15, 0.2) is 0 Å². The number of ether oxygens (including phenoxy) is 5. The fourth-order valence-corrected chi connectivity index (χ4v) is 6.60. The van der Waals surface area contributed by atoms with E-state index in [1.165, 1.54) is 27.6 Å². The second kappa shape index (κ2) is 19.5. The SMILES string of the molecule is CCCCOC[C@@H]1C[C@H](OCCCC)[C@@H](OCCCC)[C@H](c2cc(Cc3cc4ccccc4s3)ccc2OCCOOC)O1. The molecule has 0 aliphatic carbocycles. The predicted octanol–water partition coefficient (Wildman–Crippen LogP) is 8.47. The summed E-state index contributed by atoms with van der Waals surface area (Å²) >= 11 is 1.84. The van der Waals surface area contributed by atoms with Crippen molar-refractivity contribution in [1.29, 1.82) is 0 Å². The lowest BCUT2D eigenvalue weighted by molar-refractivity contribution is -0.275. The second-order valence-corrected chi connectivity index (χ2v) is 12.6. The van der Waals surface area contributed by atoms with Crippen LogP contribution < -0.4 is 4.74 Å². The highest BCUT2D eigenvalue weighted by molar-refractivity contribution is 7.19. The third-order valence-corrected chi connectivity index (χ3v) is 8.98. The molecule has 7 nitrogen and oxygen atoms in total. The smallest absolute Gasteiger partial charge is 0.125 e. The van der Waals surface area contributed by atoms with Crippen molar-refractivity contribution in [3.63, 3.8) is 0 Å². The maximum Gasteiger partial charge on any atom is 0.125 e. The molecule has 1 aliphatic heterocycles. The number of hydrogen-bond donors (Lipinski definition) is 0. The maximum atomic E-state index is 6.89. The van der Waals surface area contributed by atoms with Crippen molar-refractivity contribution >= 4 is 21.4 Å². The molecule has 8 heteroatoms. The average Bonchev–Trinajstić information content (AvgIpc) is 3.45. The van der Waals surface area contributed by atoms with Gasteiger partial charge in [-0.3, -0.25) is 0 Å². The molecule has 0 amide bonds. The van der Waals surface area contributed by atoms with Crippen molar-refractivity contribution in [2.45, 2.75) is 96.6 Å². The zero-order valence-electron chi connectivity index (χ0n) is 27.1. The Bertz CT molecular complexity index is 1180. The van der Waals surface area contributed by atoms with Crippen LogP contribution in [0.25, 0.3) is 10.1 Å². The summed E-state index contributed by atoms with van der Waals surface area (Å²) in [4.78, 5) is 11.2. The summed E-state index contributed by atoms with van der Waals surface area (Å²) in [5, 5.41) is 1.28. The van der Waals surface area contributed by atoms with Crippen LogP contribution in [0, 0.1) is 0 Å². The molecule has 2 heterocycles. The molecule has 1 aliphatic rings. The zero-order chi connectivity index (χ0) is 31.0. The van der Waals surface area contributed by atoms with Crippen molar-refractivity contribution in [3.05, 3.63) is 64.5 Å². The van der Waals surface area contributed by atoms with E-state index in [9.17, 15) is 0 Å². The lowest BCUT2D eigenvalue weighted by atomic mass is 9.91. The van der Waals surface area contributed by atoms with E-state index in [0.717, 1.165) is 69.3 Å². The number of unbranched alkanes of at least 4 members (excludes halogenated alkanes) is 3. The molecule has 0 saturated carbocycles. The molecule has 44 heavy (non-hydrogen) atoms. The van der Waals surface area contributed by atoms with E-state index >= 15 is 0 Å². The first kappa shape index (κ1) is 34.8. The van der Waals surface area contributed by atoms with Crippen LogP contribution in [-0.4, -0.2) is 65.1 Å². The van der Waals surface area contributed by atoms with Gasteiger partial charge in [0.05, 0.1) is 25.9 Å². The van der Waals surface area contributed by atoms with Crippen molar-refractivity contribution in [2.75, 3.05) is 46.8 Å². The largest absolute Gasteiger partial charge is 0.491 e. The molecule has 2 aromatic carbocycles. The molecular formula is C36H52O7S. The molecule has 0 unspecified atom stereocenters. The zero-order valence-corrected chi connectivity index (χ0v) is 27.9. The minimum Gasteiger partial charge on any atom is -0.491 e. The number of thiophene rings is 1. The summed E-state index contributed by atoms with van der Waals surface area (Å²) in [5.41, 5.74) is 2.18. The standard InChI is InChI=1S/C36H52O7S/c1-5-8-17-38-26-29-25-33(39-18-9-6-2)36(41-19-10-7-3)35(43-29)31-23-27(15-16-32(31)40-20-21-42-37-4)22-30-24-28-13-11-12-14-34(28)44-30/h11-16,23-24,29,33,35-36H,5-10,17-22,25-26H2,1-4H3/t29-,33-,35-,36+/m0/s1. The number of rotatable bonds is 21. The van der Waals surface area contributed by atoms with E-state index < -0.39 is 0 Å². The van der Waals surface area contributed by atoms with Gasteiger partial charge in [-0.1, -0.05) is 64.3 Å². The first-order valence-corrected chi connectivity index (χ1v) is 17.3. The Morgan fingerprint density at radius 3 is 2.39 bits per heavy atom. The van der Waals surface area contributed by atoms with Crippen LogP contribution in [0.15, 0.2) is 48.5 Å². The molecule has 1 fully saturated rings. The van der Waals surface area contributed by atoms with Gasteiger partial charge in [-0.2, -0.15) is 0 Å². The summed E-state index contributed by atoms with van der Waals surface area (Å²) < 4.78 is 33.7. The Morgan fingerprint density at radius 2 is 1.61 bits per heavy atom. The predicted molar refractivity (Wildman–Crippen MR) is 177 cm³/mol. The van der Waals surface area contributed by atoms with Crippen molar-refractivity contribution in [2.24, 2.45) is 0 Å². The van der Waals surface area contributed by atoms with Crippen LogP contribution in [0.2, 0.25) is 0 Å². The Balaban J connectivity index is 1.66. The van der Waals surface area contributed by atoms with Crippen LogP contribution in [0.4, 0.5) is 0 Å². The quantitative estimate of drug-likeness (QED) is 0.0666. The first-order valence-electron chi connectivity index (χ1n) is 16.5. The molecule has 3 aromatic rings. The van der Waals surface area contributed by atoms with Gasteiger partial charge in [0, 0.05) is 47.8 Å². The Kier molecular flexibility index (Phi) is 15.4. The van der Waals surface area contributed by atoms with Crippen molar-refractivity contribution in [3.8, 4) is 5.75 Å². The third-order valence-electron chi connectivity index (χ3n) is 7.86. The minimum atomic E-state index is -0.368. The van der Waals surface area contributed by atoms with Gasteiger partial charge in [0.2, 0.25) is 0 Å². The van der Waals surface area contributed by atoms with Gasteiger partial charge >= 0.3 is 0 Å². The summed E-state index contributed by atoms with van der Waals surface area (Å²) in [6.07, 6.45) is 7.01. The van der Waals surface area contributed by atoms with Crippen LogP contribution in [-0.2, 0) is 35.1 Å². The van der Waals surface area contributed by atoms with E-state index in [4.69, 9.17) is 33.5 Å². The minimum absolute atomic E-state index is 0.104. The molecule has 1 aromatic heterocycles. The van der Waals surface area contributed by atoms with E-state index in [1.54, 1.807) is 0 Å². The van der Waals surface area contributed by atoms with Crippen LogP contribution in [0.1, 0.15) is 87.8 Å². The van der Waals surface area contributed by atoms with Gasteiger partial charge in [-0.05, 0) is 54.5 Å². The molecule has 4 atom stereocenters. The molecule has 0 spiro atoms. The van der Waals surface area contributed by atoms with Gasteiger partial charge in [0.25, 0.3) is 0 Å². The molecular weight excluding hydrogens is 576 g/mol. The summed E-state index contributed by atoms with van der Waals surface area (Å²) in [6.45, 7) is 9.85. The number of fused-ring (bicyclic) bond motifs is 1. The molecule has 1 saturated heterocycles. The highest BCUT2D eigenvalue weighted by Crippen LogP contribution is 2.41. The monoisotopic (exact) mass is 628 g/mol. The lowest BCUT2D eigenvalue weighted by Crippen LogP contribution is -2.48. The third kappa shape index (κ3) is 10.5. The van der Waals surface area contributed by atoms with E-state index in [2.05, 4.69) is 69.3 Å². The van der Waals surface area contributed by atoms with E-state index in [1.807, 2.05) is 11.3 Å². The average molecular weight is 629 g/mol. The van der Waals surface area contributed by atoms with E-state index in [0.29, 0.717) is 33.0 Å². The fraction of sp³-hybridized carbons (Fsp3) is 0.611. The Hall–Kier alpha value is -2.04. The summed E-state index contributed by atoms with van der Waals surface area (Å²) in [5.74, 6) is 0.763. The van der Waals surface area contributed by atoms with Gasteiger partial charge < -0.3 is 23.7 Å². The Labute approximate surface area is 268 Å². The first-order chi connectivity index (χ1) is 21.7. The second-order valence-electron chi connectivity index (χ2n) is 11.4. The van der Waals surface area contributed by atoms with Gasteiger partial charge in [-0.15, -0.1) is 11.3 Å². The van der Waals surface area contributed by atoms with Crippen molar-refractivity contribution in [1.82, 2.24) is 0 Å². The summed E-state index contributed by atoms with van der Waals surface area (Å²) in [7, 11) is 1.50. The van der Waals surface area contributed by atoms with Gasteiger partial charge in [-0.25, -0.2) is 9.78 Å². The normalized spacial score (nSPS) is 20.4. The van der Waals surface area contributed by atoms with Crippen molar-refractivity contribution < 1.29 is 33.5 Å². The van der Waals surface area contributed by atoms with Crippen LogP contribution in [0.5, 0.6) is 5.75 Å². The van der Waals surface area contributed by atoms with E-state index in [-0.39, 0.29) is 24.4 Å². The number of hydrogen-bond acceptors (Lipinski definition) is 8. The van der Waals surface area contributed by atoms with Gasteiger partial charge in [0.1, 0.15) is 31.2 Å². The lowest BCUT2D eigenvalue weighted by Gasteiger charge is -2.42. The molecule has 4 rings (SSSR count). The highest BCUT2D eigenvalue weighted by atomic mass is 32.1. The molecule has 244 valence electrons. The maximum absolute atomic E-state index is 6.89. The molecule has 0 radical (unpaired) electrons. The molecule has 0 N–H and O–H groups in total. The Morgan fingerprint density at radius 1 is 0.841 bits per heavy atom. The summed E-state index contributed by atoms with van der Waals surface area (Å²) in [6, 6.07) is 17.3. The van der Waals surface area contributed by atoms with Crippen LogP contribution in [0.3, 0.4) is 0 Å². The fourth-order valence-electron chi connectivity index (χ4n) is 5.50. The number of benzene rings is 2. The topological polar surface area (TPSA) is 64.6 Å².